The summed E-state index contributed by atoms with van der Waals surface area (Å²) in [5, 5.41) is 8.91. The van der Waals surface area contributed by atoms with Crippen molar-refractivity contribution >= 4 is 0 Å². The highest BCUT2D eigenvalue weighted by atomic mass is 19.1. The number of aliphatic hydroxyl groups is 1. The van der Waals surface area contributed by atoms with Crippen molar-refractivity contribution in [2.75, 3.05) is 13.3 Å². The first-order valence-corrected chi connectivity index (χ1v) is 4.04. The molecule has 72 valence electrons. The monoisotopic (exact) mass is 185 g/mol. The minimum Gasteiger partial charge on any atom is -0.489 e. The average molecular weight is 185 g/mol. The van der Waals surface area contributed by atoms with Gasteiger partial charge in [-0.15, -0.1) is 0 Å². The van der Waals surface area contributed by atoms with Crippen molar-refractivity contribution in [3.05, 3.63) is 23.5 Å². The van der Waals surface area contributed by atoms with Crippen molar-refractivity contribution in [1.82, 2.24) is 4.98 Å². The first kappa shape index (κ1) is 9.92. The molecule has 0 amide bonds. The fourth-order valence-corrected chi connectivity index (χ4v) is 0.991. The predicted molar refractivity (Wildman–Crippen MR) is 46.4 cm³/mol. The van der Waals surface area contributed by atoms with Crippen LogP contribution in [-0.2, 0) is 6.61 Å². The maximum atomic E-state index is 11.8. The van der Waals surface area contributed by atoms with Crippen LogP contribution in [-0.4, -0.2) is 23.4 Å². The first-order chi connectivity index (χ1) is 6.27. The van der Waals surface area contributed by atoms with Gasteiger partial charge in [0.05, 0.1) is 6.61 Å². The summed E-state index contributed by atoms with van der Waals surface area (Å²) in [6, 6.07) is 3.44. The molecule has 0 saturated heterocycles. The molecule has 0 saturated carbocycles. The molecule has 0 atom stereocenters. The second kappa shape index (κ2) is 4.77. The highest BCUT2D eigenvalue weighted by Gasteiger charge is 2.03. The van der Waals surface area contributed by atoms with Gasteiger partial charge in [-0.1, -0.05) is 0 Å². The van der Waals surface area contributed by atoms with Crippen LogP contribution in [0.25, 0.3) is 0 Å². The second-order valence-corrected chi connectivity index (χ2v) is 2.59. The normalized spacial score (nSPS) is 10.1. The van der Waals surface area contributed by atoms with E-state index in [0.29, 0.717) is 11.4 Å². The van der Waals surface area contributed by atoms with Crippen molar-refractivity contribution in [1.29, 1.82) is 0 Å². The van der Waals surface area contributed by atoms with Gasteiger partial charge in [0.15, 0.2) is 0 Å². The molecule has 1 aromatic rings. The number of rotatable bonds is 4. The largest absolute Gasteiger partial charge is 0.489 e. The van der Waals surface area contributed by atoms with Gasteiger partial charge in [0.25, 0.3) is 0 Å². The van der Waals surface area contributed by atoms with E-state index in [1.54, 1.807) is 12.1 Å². The van der Waals surface area contributed by atoms with E-state index in [9.17, 15) is 4.39 Å². The Balaban J connectivity index is 2.79. The molecular formula is C9H12FNO2. The fourth-order valence-electron chi connectivity index (χ4n) is 0.991. The van der Waals surface area contributed by atoms with Crippen LogP contribution in [0.4, 0.5) is 4.39 Å². The van der Waals surface area contributed by atoms with E-state index < -0.39 is 6.67 Å². The summed E-state index contributed by atoms with van der Waals surface area (Å²) in [6.07, 6.45) is 0. The molecule has 0 aromatic carbocycles. The van der Waals surface area contributed by atoms with E-state index in [1.807, 2.05) is 6.92 Å². The lowest BCUT2D eigenvalue weighted by molar-refractivity contribution is 0.244. The predicted octanol–water partition coefficient (Wildman–Crippen LogP) is 1.23. The van der Waals surface area contributed by atoms with Crippen LogP contribution in [0.1, 0.15) is 11.4 Å². The smallest absolute Gasteiger partial charge is 0.143 e. The van der Waals surface area contributed by atoms with E-state index in [2.05, 4.69) is 4.98 Å². The SMILES string of the molecule is Cc1ccc(OCCF)c(CO)n1. The van der Waals surface area contributed by atoms with Crippen LogP contribution in [0.5, 0.6) is 5.75 Å². The Labute approximate surface area is 76.2 Å². The van der Waals surface area contributed by atoms with E-state index in [1.165, 1.54) is 0 Å². The van der Waals surface area contributed by atoms with Gasteiger partial charge in [0.2, 0.25) is 0 Å². The van der Waals surface area contributed by atoms with Crippen molar-refractivity contribution in [3.63, 3.8) is 0 Å². The van der Waals surface area contributed by atoms with Crippen molar-refractivity contribution in [2.45, 2.75) is 13.5 Å². The van der Waals surface area contributed by atoms with E-state index in [-0.39, 0.29) is 13.2 Å². The van der Waals surface area contributed by atoms with Crippen molar-refractivity contribution in [3.8, 4) is 5.75 Å². The third-order valence-corrected chi connectivity index (χ3v) is 1.56. The fraction of sp³-hybridized carbons (Fsp3) is 0.444. The third kappa shape index (κ3) is 2.66. The Morgan fingerprint density at radius 2 is 2.31 bits per heavy atom. The molecule has 13 heavy (non-hydrogen) atoms. The van der Waals surface area contributed by atoms with Gasteiger partial charge in [-0.2, -0.15) is 0 Å². The van der Waals surface area contributed by atoms with Crippen LogP contribution in [0.3, 0.4) is 0 Å². The maximum absolute atomic E-state index is 11.8. The Morgan fingerprint density at radius 1 is 1.54 bits per heavy atom. The molecule has 0 aliphatic carbocycles. The Bertz CT molecular complexity index is 278. The zero-order valence-corrected chi connectivity index (χ0v) is 7.46. The number of aliphatic hydroxyl groups excluding tert-OH is 1. The summed E-state index contributed by atoms with van der Waals surface area (Å²) in [7, 11) is 0. The minimum atomic E-state index is -0.543. The molecule has 3 nitrogen and oxygen atoms in total. The number of halogens is 1. The first-order valence-electron chi connectivity index (χ1n) is 4.04. The molecule has 1 heterocycles. The molecule has 0 fully saturated rings. The molecule has 1 aromatic heterocycles. The molecule has 1 N–H and O–H groups in total. The van der Waals surface area contributed by atoms with Crippen molar-refractivity contribution in [2.24, 2.45) is 0 Å². The number of pyridine rings is 1. The zero-order chi connectivity index (χ0) is 9.68. The third-order valence-electron chi connectivity index (χ3n) is 1.56. The molecule has 0 bridgehead atoms. The maximum Gasteiger partial charge on any atom is 0.143 e. The number of aromatic nitrogens is 1. The number of hydrogen-bond acceptors (Lipinski definition) is 3. The second-order valence-electron chi connectivity index (χ2n) is 2.59. The molecule has 4 heteroatoms. The van der Waals surface area contributed by atoms with Gasteiger partial charge < -0.3 is 9.84 Å². The van der Waals surface area contributed by atoms with E-state index in [4.69, 9.17) is 9.84 Å². The minimum absolute atomic E-state index is 0.00224. The highest BCUT2D eigenvalue weighted by Crippen LogP contribution is 2.16. The van der Waals surface area contributed by atoms with Crippen LogP contribution in [0.2, 0.25) is 0 Å². The van der Waals surface area contributed by atoms with Crippen LogP contribution < -0.4 is 4.74 Å². The summed E-state index contributed by atoms with van der Waals surface area (Å²) in [6.45, 7) is 1.08. The van der Waals surface area contributed by atoms with Gasteiger partial charge >= 0.3 is 0 Å². The molecule has 0 spiro atoms. The summed E-state index contributed by atoms with van der Waals surface area (Å²) >= 11 is 0. The number of aryl methyl sites for hydroxylation is 1. The highest BCUT2D eigenvalue weighted by molar-refractivity contribution is 5.28. The lowest BCUT2D eigenvalue weighted by Crippen LogP contribution is -2.03. The Hall–Kier alpha value is -1.16. The van der Waals surface area contributed by atoms with Gasteiger partial charge in [-0.3, -0.25) is 4.98 Å². The summed E-state index contributed by atoms with van der Waals surface area (Å²) < 4.78 is 16.8. The van der Waals surface area contributed by atoms with Crippen LogP contribution >= 0.6 is 0 Å². The lowest BCUT2D eigenvalue weighted by atomic mass is 10.3. The number of hydrogen-bond donors (Lipinski definition) is 1. The number of ether oxygens (including phenoxy) is 1. The topological polar surface area (TPSA) is 42.4 Å². The molecule has 0 aliphatic rings. The lowest BCUT2D eigenvalue weighted by Gasteiger charge is -2.07. The Kier molecular flexibility index (Phi) is 3.64. The zero-order valence-electron chi connectivity index (χ0n) is 7.46. The molecule has 1 rings (SSSR count). The summed E-state index contributed by atoms with van der Waals surface area (Å²) in [4.78, 5) is 4.05. The average Bonchev–Trinajstić information content (AvgIpc) is 2.16. The number of alkyl halides is 1. The van der Waals surface area contributed by atoms with Crippen LogP contribution in [0.15, 0.2) is 12.1 Å². The quantitative estimate of drug-likeness (QED) is 0.767. The van der Waals surface area contributed by atoms with Crippen molar-refractivity contribution < 1.29 is 14.2 Å². The van der Waals surface area contributed by atoms with Gasteiger partial charge in [0, 0.05) is 5.69 Å². The molecule has 0 aliphatic heterocycles. The molecule has 0 unspecified atom stereocenters. The Morgan fingerprint density at radius 3 is 2.92 bits per heavy atom. The van der Waals surface area contributed by atoms with E-state index >= 15 is 0 Å². The van der Waals surface area contributed by atoms with Gasteiger partial charge in [-0.05, 0) is 19.1 Å². The standard InChI is InChI=1S/C9H12FNO2/c1-7-2-3-9(13-5-4-10)8(6-12)11-7/h2-3,12H,4-6H2,1H3. The van der Waals surface area contributed by atoms with Gasteiger partial charge in [-0.25, -0.2) is 4.39 Å². The molecular weight excluding hydrogens is 173 g/mol. The van der Waals surface area contributed by atoms with Crippen LogP contribution in [0, 0.1) is 6.92 Å². The van der Waals surface area contributed by atoms with E-state index in [0.717, 1.165) is 5.69 Å². The number of nitrogens with zero attached hydrogens (tertiary/aromatic N) is 1. The summed E-state index contributed by atoms with van der Waals surface area (Å²) in [5.74, 6) is 0.450. The summed E-state index contributed by atoms with van der Waals surface area (Å²) in [5.41, 5.74) is 1.25. The molecule has 0 radical (unpaired) electrons. The van der Waals surface area contributed by atoms with Gasteiger partial charge in [0.1, 0.15) is 24.7 Å².